The summed E-state index contributed by atoms with van der Waals surface area (Å²) in [7, 11) is 1.61. The minimum absolute atomic E-state index is 0.193. The van der Waals surface area contributed by atoms with E-state index in [1.807, 2.05) is 36.4 Å². The molecule has 0 aromatic heterocycles. The van der Waals surface area contributed by atoms with Gasteiger partial charge in [0.1, 0.15) is 13.2 Å². The molecule has 154 valence electrons. The fourth-order valence-electron chi connectivity index (χ4n) is 2.92. The second-order valence-electron chi connectivity index (χ2n) is 6.60. The number of para-hydroxylation sites is 1. The Morgan fingerprint density at radius 2 is 2.03 bits per heavy atom. The Morgan fingerprint density at radius 1 is 1.17 bits per heavy atom. The van der Waals surface area contributed by atoms with Gasteiger partial charge in [0.2, 0.25) is 5.91 Å². The molecule has 0 spiro atoms. The van der Waals surface area contributed by atoms with Gasteiger partial charge in [0.15, 0.2) is 23.0 Å². The second kappa shape index (κ2) is 10.4. The van der Waals surface area contributed by atoms with Gasteiger partial charge in [0, 0.05) is 18.2 Å². The molecule has 1 aliphatic rings. The van der Waals surface area contributed by atoms with Crippen LogP contribution in [0.4, 0.5) is 0 Å². The number of hydrogen-bond acceptors (Lipinski definition) is 5. The Morgan fingerprint density at radius 3 is 2.86 bits per heavy atom. The maximum Gasteiger partial charge on any atom is 0.244 e. The molecule has 0 fully saturated rings. The Labute approximate surface area is 171 Å². The van der Waals surface area contributed by atoms with Crippen LogP contribution in [0.25, 0.3) is 6.08 Å². The van der Waals surface area contributed by atoms with Gasteiger partial charge in [-0.15, -0.1) is 0 Å². The fraction of sp³-hybridized carbons (Fsp3) is 0.348. The number of rotatable bonds is 9. The molecular weight excluding hydrogens is 370 g/mol. The summed E-state index contributed by atoms with van der Waals surface area (Å²) in [5.41, 5.74) is 1.74. The van der Waals surface area contributed by atoms with E-state index in [0.29, 0.717) is 49.4 Å². The average Bonchev–Trinajstić information content (AvgIpc) is 2.76. The number of carbonyl (C=O) groups is 1. The highest BCUT2D eigenvalue weighted by Gasteiger charge is 2.15. The van der Waals surface area contributed by atoms with E-state index in [1.54, 1.807) is 13.2 Å². The molecule has 2 aromatic rings. The number of carbonyl (C=O) groups excluding carboxylic acids is 1. The minimum atomic E-state index is -0.193. The van der Waals surface area contributed by atoms with Gasteiger partial charge in [0.05, 0.1) is 13.7 Å². The zero-order valence-corrected chi connectivity index (χ0v) is 16.9. The largest absolute Gasteiger partial charge is 0.493 e. The number of methoxy groups -OCH3 is 1. The number of hydrogen-bond donors (Lipinski definition) is 1. The van der Waals surface area contributed by atoms with Crippen LogP contribution in [0.3, 0.4) is 0 Å². The molecule has 1 amide bonds. The van der Waals surface area contributed by atoms with Gasteiger partial charge in [-0.25, -0.2) is 0 Å². The Bertz CT molecular complexity index is 862. The average molecular weight is 397 g/mol. The van der Waals surface area contributed by atoms with Crippen LogP contribution in [-0.2, 0) is 11.3 Å². The molecule has 3 rings (SSSR count). The molecule has 6 heteroatoms. The van der Waals surface area contributed by atoms with Gasteiger partial charge in [-0.05, 0) is 36.3 Å². The molecule has 1 heterocycles. The number of ether oxygens (including phenoxy) is 4. The quantitative estimate of drug-likeness (QED) is 0.512. The summed E-state index contributed by atoms with van der Waals surface area (Å²) in [6.07, 6.45) is 5.31. The Kier molecular flexibility index (Phi) is 7.39. The highest BCUT2D eigenvalue weighted by atomic mass is 16.6. The molecule has 1 N–H and O–H groups in total. The topological polar surface area (TPSA) is 66.0 Å². The van der Waals surface area contributed by atoms with Crippen molar-refractivity contribution in [1.82, 2.24) is 5.32 Å². The molecule has 0 unspecified atom stereocenters. The molecule has 0 saturated carbocycles. The Balaban J connectivity index is 1.58. The van der Waals surface area contributed by atoms with E-state index < -0.39 is 0 Å². The van der Waals surface area contributed by atoms with Crippen LogP contribution in [0.1, 0.15) is 30.9 Å². The molecule has 0 radical (unpaired) electrons. The number of amides is 1. The van der Waals surface area contributed by atoms with E-state index >= 15 is 0 Å². The molecule has 29 heavy (non-hydrogen) atoms. The van der Waals surface area contributed by atoms with Crippen molar-refractivity contribution in [3.8, 4) is 23.0 Å². The maximum atomic E-state index is 12.2. The lowest BCUT2D eigenvalue weighted by atomic mass is 10.1. The Hall–Kier alpha value is -3.15. The number of fused-ring (bicyclic) bond motifs is 1. The van der Waals surface area contributed by atoms with Crippen LogP contribution in [0.15, 0.2) is 42.5 Å². The van der Waals surface area contributed by atoms with Gasteiger partial charge in [0.25, 0.3) is 0 Å². The van der Waals surface area contributed by atoms with Gasteiger partial charge in [-0.3, -0.25) is 4.79 Å². The van der Waals surface area contributed by atoms with Crippen molar-refractivity contribution >= 4 is 12.0 Å². The SMILES string of the molecule is CCCCOc1ccc(/C=C/C(=O)NCc2cccc3c2OCCO3)cc1OC. The smallest absolute Gasteiger partial charge is 0.244 e. The van der Waals surface area contributed by atoms with E-state index in [-0.39, 0.29) is 5.91 Å². The van der Waals surface area contributed by atoms with Crippen LogP contribution >= 0.6 is 0 Å². The summed E-state index contributed by atoms with van der Waals surface area (Å²) in [6, 6.07) is 11.3. The second-order valence-corrected chi connectivity index (χ2v) is 6.60. The monoisotopic (exact) mass is 397 g/mol. The van der Waals surface area contributed by atoms with E-state index in [1.165, 1.54) is 6.08 Å². The first-order chi connectivity index (χ1) is 14.2. The third kappa shape index (κ3) is 5.67. The fourth-order valence-corrected chi connectivity index (χ4v) is 2.92. The molecule has 0 atom stereocenters. The van der Waals surface area contributed by atoms with Crippen molar-refractivity contribution in [2.45, 2.75) is 26.3 Å². The van der Waals surface area contributed by atoms with Crippen molar-refractivity contribution in [3.05, 3.63) is 53.6 Å². The zero-order valence-electron chi connectivity index (χ0n) is 16.9. The van der Waals surface area contributed by atoms with Crippen molar-refractivity contribution in [3.63, 3.8) is 0 Å². The first kappa shape index (κ1) is 20.6. The van der Waals surface area contributed by atoms with Gasteiger partial charge in [-0.2, -0.15) is 0 Å². The highest BCUT2D eigenvalue weighted by molar-refractivity contribution is 5.91. The van der Waals surface area contributed by atoms with Gasteiger partial charge in [-0.1, -0.05) is 31.5 Å². The summed E-state index contributed by atoms with van der Waals surface area (Å²) >= 11 is 0. The summed E-state index contributed by atoms with van der Waals surface area (Å²) in [6.45, 7) is 4.19. The molecule has 1 aliphatic heterocycles. The van der Waals surface area contributed by atoms with Gasteiger partial charge < -0.3 is 24.3 Å². The van der Waals surface area contributed by atoms with Crippen molar-refractivity contribution in [2.24, 2.45) is 0 Å². The summed E-state index contributed by atoms with van der Waals surface area (Å²) in [4.78, 5) is 12.2. The summed E-state index contributed by atoms with van der Waals surface area (Å²) in [5, 5.41) is 2.88. The van der Waals surface area contributed by atoms with E-state index in [0.717, 1.165) is 24.0 Å². The third-order valence-corrected chi connectivity index (χ3v) is 4.47. The molecule has 0 saturated heterocycles. The van der Waals surface area contributed by atoms with E-state index in [4.69, 9.17) is 18.9 Å². The number of nitrogens with one attached hydrogen (secondary N) is 1. The molecule has 0 aliphatic carbocycles. The number of benzene rings is 2. The maximum absolute atomic E-state index is 12.2. The van der Waals surface area contributed by atoms with Crippen molar-refractivity contribution < 1.29 is 23.7 Å². The van der Waals surface area contributed by atoms with Crippen LogP contribution in [0, 0.1) is 0 Å². The summed E-state index contributed by atoms with van der Waals surface area (Å²) in [5.74, 6) is 2.58. The molecule has 2 aromatic carbocycles. The third-order valence-electron chi connectivity index (χ3n) is 4.47. The lowest BCUT2D eigenvalue weighted by Gasteiger charge is -2.20. The lowest BCUT2D eigenvalue weighted by molar-refractivity contribution is -0.116. The minimum Gasteiger partial charge on any atom is -0.493 e. The van der Waals surface area contributed by atoms with Crippen LogP contribution in [-0.4, -0.2) is 32.8 Å². The van der Waals surface area contributed by atoms with Crippen LogP contribution in [0.5, 0.6) is 23.0 Å². The molecule has 6 nitrogen and oxygen atoms in total. The first-order valence-electron chi connectivity index (χ1n) is 9.85. The van der Waals surface area contributed by atoms with Crippen molar-refractivity contribution in [1.29, 1.82) is 0 Å². The predicted octanol–water partition coefficient (Wildman–Crippen LogP) is 3.97. The molecule has 0 bridgehead atoms. The normalized spacial score (nSPS) is 12.6. The predicted molar refractivity (Wildman–Crippen MR) is 112 cm³/mol. The van der Waals surface area contributed by atoms with E-state index in [9.17, 15) is 4.79 Å². The molecular formula is C23H27NO5. The standard InChI is InChI=1S/C23H27NO5/c1-3-4-12-27-19-10-8-17(15-21(19)26-2)9-11-22(25)24-16-18-6-5-7-20-23(18)29-14-13-28-20/h5-11,15H,3-4,12-14,16H2,1-2H3,(H,24,25)/b11-9+. The summed E-state index contributed by atoms with van der Waals surface area (Å²) < 4.78 is 22.4. The highest BCUT2D eigenvalue weighted by Crippen LogP contribution is 2.33. The lowest BCUT2D eigenvalue weighted by Crippen LogP contribution is -2.22. The van der Waals surface area contributed by atoms with Crippen molar-refractivity contribution in [2.75, 3.05) is 26.9 Å². The van der Waals surface area contributed by atoms with Gasteiger partial charge >= 0.3 is 0 Å². The first-order valence-corrected chi connectivity index (χ1v) is 9.85. The van der Waals surface area contributed by atoms with Crippen LogP contribution < -0.4 is 24.3 Å². The van der Waals surface area contributed by atoms with E-state index in [2.05, 4.69) is 12.2 Å². The number of unbranched alkanes of at least 4 members (excludes halogenated alkanes) is 1. The zero-order chi connectivity index (χ0) is 20.5. The van der Waals surface area contributed by atoms with Crippen LogP contribution in [0.2, 0.25) is 0 Å².